The van der Waals surface area contributed by atoms with Crippen LogP contribution in [-0.2, 0) is 11.3 Å². The van der Waals surface area contributed by atoms with Gasteiger partial charge in [-0.2, -0.15) is 5.10 Å². The second-order valence-electron chi connectivity index (χ2n) is 6.76. The molecule has 2 heterocycles. The standard InChI is InChI=1S/C20H24N6O5/c1-5-7-15(27)31-26-17-14(30-4)9-8-12(18(21)28)16(17)22-20(26)23-19(29)13-10-11(3)24-25(13)6-2/h8-10H,5-7H2,1-4H3,(H2,21,28)(H,22,23,29). The van der Waals surface area contributed by atoms with E-state index in [0.29, 0.717) is 24.4 Å². The summed E-state index contributed by atoms with van der Waals surface area (Å²) >= 11 is 0. The SMILES string of the molecule is CCCC(=O)On1c(NC(=O)c2cc(C)nn2CC)nc2c(C(N)=O)ccc(OC)c21. The van der Waals surface area contributed by atoms with Gasteiger partial charge in [0.2, 0.25) is 5.95 Å². The van der Waals surface area contributed by atoms with Crippen LogP contribution in [0, 0.1) is 6.92 Å². The number of anilines is 1. The molecule has 0 aliphatic carbocycles. The summed E-state index contributed by atoms with van der Waals surface area (Å²) in [4.78, 5) is 46.9. The van der Waals surface area contributed by atoms with Crippen LogP contribution in [0.5, 0.6) is 5.75 Å². The molecule has 11 heteroatoms. The van der Waals surface area contributed by atoms with Gasteiger partial charge in [-0.05, 0) is 38.5 Å². The number of ether oxygens (including phenoxy) is 1. The van der Waals surface area contributed by atoms with Crippen molar-refractivity contribution in [3.63, 3.8) is 0 Å². The molecule has 0 saturated heterocycles. The molecule has 0 aliphatic rings. The Balaban J connectivity index is 2.16. The average Bonchev–Trinajstić information content (AvgIpc) is 3.28. The first-order valence-corrected chi connectivity index (χ1v) is 9.76. The summed E-state index contributed by atoms with van der Waals surface area (Å²) in [5, 5.41) is 6.89. The van der Waals surface area contributed by atoms with Crippen molar-refractivity contribution >= 4 is 34.8 Å². The van der Waals surface area contributed by atoms with Crippen LogP contribution in [0.1, 0.15) is 53.2 Å². The number of amides is 2. The number of carbonyl (C=O) groups is 3. The number of aromatic nitrogens is 4. The molecule has 0 fully saturated rings. The molecule has 0 spiro atoms. The fraction of sp³-hybridized carbons (Fsp3) is 0.350. The van der Waals surface area contributed by atoms with Crippen LogP contribution in [-0.4, -0.2) is 44.4 Å². The molecule has 0 saturated carbocycles. The number of nitrogens with one attached hydrogen (secondary N) is 1. The Morgan fingerprint density at radius 2 is 1.97 bits per heavy atom. The Kier molecular flexibility index (Phi) is 6.23. The summed E-state index contributed by atoms with van der Waals surface area (Å²) in [7, 11) is 1.42. The van der Waals surface area contributed by atoms with Crippen LogP contribution in [0.4, 0.5) is 5.95 Å². The smallest absolute Gasteiger partial charge is 0.333 e. The van der Waals surface area contributed by atoms with E-state index < -0.39 is 17.8 Å². The second-order valence-corrected chi connectivity index (χ2v) is 6.76. The number of nitrogens with two attached hydrogens (primary N) is 1. The van der Waals surface area contributed by atoms with Gasteiger partial charge in [0, 0.05) is 13.0 Å². The van der Waals surface area contributed by atoms with Gasteiger partial charge in [-0.3, -0.25) is 19.6 Å². The van der Waals surface area contributed by atoms with Gasteiger partial charge in [0.05, 0.1) is 18.4 Å². The number of nitrogens with zero attached hydrogens (tertiary/aromatic N) is 4. The Morgan fingerprint density at radius 1 is 1.23 bits per heavy atom. The minimum atomic E-state index is -0.727. The fourth-order valence-electron chi connectivity index (χ4n) is 3.15. The molecule has 3 aromatic rings. The molecule has 0 atom stereocenters. The lowest BCUT2D eigenvalue weighted by Gasteiger charge is -2.11. The van der Waals surface area contributed by atoms with Gasteiger partial charge < -0.3 is 15.3 Å². The molecule has 2 aromatic heterocycles. The van der Waals surface area contributed by atoms with Gasteiger partial charge >= 0.3 is 5.97 Å². The summed E-state index contributed by atoms with van der Waals surface area (Å²) in [5.41, 5.74) is 6.87. The maximum atomic E-state index is 12.9. The van der Waals surface area contributed by atoms with Crippen molar-refractivity contribution in [3.8, 4) is 5.75 Å². The third-order valence-electron chi connectivity index (χ3n) is 4.52. The van der Waals surface area contributed by atoms with Crippen molar-refractivity contribution in [2.45, 2.75) is 40.2 Å². The van der Waals surface area contributed by atoms with Gasteiger partial charge in [-0.1, -0.05) is 6.92 Å². The molecule has 3 rings (SSSR count). The zero-order valence-electron chi connectivity index (χ0n) is 17.8. The molecule has 0 aliphatic heterocycles. The van der Waals surface area contributed by atoms with E-state index in [0.717, 1.165) is 4.73 Å². The molecule has 0 radical (unpaired) electrons. The van der Waals surface area contributed by atoms with E-state index in [2.05, 4.69) is 15.4 Å². The lowest BCUT2D eigenvalue weighted by molar-refractivity contribution is -0.143. The van der Waals surface area contributed by atoms with E-state index in [-0.39, 0.29) is 34.7 Å². The number of fused-ring (bicyclic) bond motifs is 1. The number of benzene rings is 1. The van der Waals surface area contributed by atoms with E-state index in [1.165, 1.54) is 23.9 Å². The third-order valence-corrected chi connectivity index (χ3v) is 4.52. The van der Waals surface area contributed by atoms with E-state index in [1.807, 2.05) is 13.8 Å². The quantitative estimate of drug-likeness (QED) is 0.555. The molecule has 11 nitrogen and oxygen atoms in total. The maximum absolute atomic E-state index is 12.9. The van der Waals surface area contributed by atoms with Crippen LogP contribution >= 0.6 is 0 Å². The number of hydrogen-bond donors (Lipinski definition) is 2. The van der Waals surface area contributed by atoms with E-state index in [4.69, 9.17) is 15.3 Å². The van der Waals surface area contributed by atoms with E-state index >= 15 is 0 Å². The topological polar surface area (TPSA) is 143 Å². The molecular weight excluding hydrogens is 404 g/mol. The predicted octanol–water partition coefficient (Wildman–Crippen LogP) is 1.68. The Morgan fingerprint density at radius 3 is 2.58 bits per heavy atom. The van der Waals surface area contributed by atoms with Gasteiger partial charge in [-0.15, -0.1) is 4.73 Å². The van der Waals surface area contributed by atoms with Crippen molar-refractivity contribution in [2.75, 3.05) is 12.4 Å². The lowest BCUT2D eigenvalue weighted by Crippen LogP contribution is -2.25. The van der Waals surface area contributed by atoms with Crippen LogP contribution < -0.4 is 20.6 Å². The highest BCUT2D eigenvalue weighted by molar-refractivity contribution is 6.08. The van der Waals surface area contributed by atoms with Gasteiger partial charge in [-0.25, -0.2) is 9.78 Å². The largest absolute Gasteiger partial charge is 0.494 e. The highest BCUT2D eigenvalue weighted by Gasteiger charge is 2.25. The predicted molar refractivity (Wildman–Crippen MR) is 112 cm³/mol. The number of rotatable bonds is 8. The fourth-order valence-corrected chi connectivity index (χ4v) is 3.15. The summed E-state index contributed by atoms with van der Waals surface area (Å²) in [6.07, 6.45) is 0.707. The number of hydrogen-bond acceptors (Lipinski definition) is 7. The number of aryl methyl sites for hydroxylation is 2. The number of imidazole rings is 1. The minimum absolute atomic E-state index is 0.0889. The Labute approximate surface area is 178 Å². The minimum Gasteiger partial charge on any atom is -0.494 e. The molecule has 3 N–H and O–H groups in total. The molecule has 164 valence electrons. The number of methoxy groups -OCH3 is 1. The summed E-state index contributed by atoms with van der Waals surface area (Å²) in [6, 6.07) is 4.59. The first kappa shape index (κ1) is 21.8. The van der Waals surface area contributed by atoms with Gasteiger partial charge in [0.15, 0.2) is 5.52 Å². The molecule has 31 heavy (non-hydrogen) atoms. The van der Waals surface area contributed by atoms with E-state index in [9.17, 15) is 14.4 Å². The number of carbonyl (C=O) groups excluding carboxylic acids is 3. The molecule has 0 bridgehead atoms. The van der Waals surface area contributed by atoms with Gasteiger partial charge in [0.1, 0.15) is 17.0 Å². The Bertz CT molecular complexity index is 1160. The third kappa shape index (κ3) is 4.20. The van der Waals surface area contributed by atoms with Gasteiger partial charge in [0.25, 0.3) is 11.8 Å². The van der Waals surface area contributed by atoms with Crippen molar-refractivity contribution in [1.82, 2.24) is 19.5 Å². The monoisotopic (exact) mass is 428 g/mol. The van der Waals surface area contributed by atoms with Crippen molar-refractivity contribution < 1.29 is 24.0 Å². The summed E-state index contributed by atoms with van der Waals surface area (Å²) in [6.45, 7) is 5.94. The maximum Gasteiger partial charge on any atom is 0.333 e. The molecule has 0 unspecified atom stereocenters. The Hall–Kier alpha value is -3.89. The number of primary amides is 1. The van der Waals surface area contributed by atoms with Crippen LogP contribution in [0.2, 0.25) is 0 Å². The van der Waals surface area contributed by atoms with Crippen molar-refractivity contribution in [2.24, 2.45) is 5.73 Å². The van der Waals surface area contributed by atoms with E-state index in [1.54, 1.807) is 13.0 Å². The van der Waals surface area contributed by atoms with Crippen LogP contribution in [0.3, 0.4) is 0 Å². The van der Waals surface area contributed by atoms with Crippen molar-refractivity contribution in [1.29, 1.82) is 0 Å². The highest BCUT2D eigenvalue weighted by Crippen LogP contribution is 2.31. The van der Waals surface area contributed by atoms with Crippen LogP contribution in [0.15, 0.2) is 18.2 Å². The first-order valence-electron chi connectivity index (χ1n) is 9.76. The molecule has 2 amide bonds. The normalized spacial score (nSPS) is 10.8. The average molecular weight is 428 g/mol. The zero-order chi connectivity index (χ0) is 22.7. The molecular formula is C20H24N6O5. The summed E-state index contributed by atoms with van der Waals surface area (Å²) < 4.78 is 7.95. The van der Waals surface area contributed by atoms with Crippen molar-refractivity contribution in [3.05, 3.63) is 35.2 Å². The zero-order valence-corrected chi connectivity index (χ0v) is 17.8. The first-order chi connectivity index (χ1) is 14.8. The summed E-state index contributed by atoms with van der Waals surface area (Å²) in [5.74, 6) is -1.59. The second kappa shape index (κ2) is 8.86. The molecule has 1 aromatic carbocycles. The van der Waals surface area contributed by atoms with Crippen LogP contribution in [0.25, 0.3) is 11.0 Å². The lowest BCUT2D eigenvalue weighted by atomic mass is 10.1. The highest BCUT2D eigenvalue weighted by atomic mass is 16.7.